The molecule has 0 saturated heterocycles. The van der Waals surface area contributed by atoms with E-state index < -0.39 is 0 Å². The highest BCUT2D eigenvalue weighted by atomic mass is 16.2. The van der Waals surface area contributed by atoms with Crippen LogP contribution in [0.1, 0.15) is 24.0 Å². The average molecular weight is 276 g/mol. The number of anilines is 1. The van der Waals surface area contributed by atoms with Gasteiger partial charge in [0.15, 0.2) is 5.82 Å². The lowest BCUT2D eigenvalue weighted by Crippen LogP contribution is -2.37. The predicted molar refractivity (Wildman–Crippen MR) is 76.6 cm³/mol. The third kappa shape index (κ3) is 3.59. The fourth-order valence-electron chi connectivity index (χ4n) is 1.94. The van der Waals surface area contributed by atoms with Crippen molar-refractivity contribution in [2.45, 2.75) is 33.2 Å². The van der Waals surface area contributed by atoms with Crippen molar-refractivity contribution in [1.29, 1.82) is 0 Å². The third-order valence-corrected chi connectivity index (χ3v) is 3.01. The van der Waals surface area contributed by atoms with Gasteiger partial charge in [0, 0.05) is 37.0 Å². The molecular weight excluding hydrogens is 256 g/mol. The van der Waals surface area contributed by atoms with Gasteiger partial charge in [0.1, 0.15) is 0 Å². The molecule has 1 atom stereocenters. The van der Waals surface area contributed by atoms with E-state index in [1.165, 1.54) is 0 Å². The summed E-state index contributed by atoms with van der Waals surface area (Å²) in [6.07, 6.45) is 0.680. The molecule has 2 rings (SSSR count). The second-order valence-corrected chi connectivity index (χ2v) is 5.04. The minimum atomic E-state index is -0.261. The molecule has 2 amide bonds. The summed E-state index contributed by atoms with van der Waals surface area (Å²) in [5.74, 6) is 0.547. The van der Waals surface area contributed by atoms with Crippen LogP contribution in [0.4, 0.5) is 10.6 Å². The van der Waals surface area contributed by atoms with Crippen molar-refractivity contribution in [1.82, 2.24) is 25.3 Å². The summed E-state index contributed by atoms with van der Waals surface area (Å²) < 4.78 is 1.71. The van der Waals surface area contributed by atoms with Gasteiger partial charge in [-0.3, -0.25) is 15.1 Å². The Morgan fingerprint density at radius 3 is 2.75 bits per heavy atom. The number of carbonyl (C=O) groups is 1. The molecule has 0 aromatic carbocycles. The molecule has 0 fully saturated rings. The number of aromatic amines is 1. The Hall–Kier alpha value is -2.31. The number of rotatable bonds is 4. The first-order chi connectivity index (χ1) is 9.44. The summed E-state index contributed by atoms with van der Waals surface area (Å²) in [6, 6.07) is 3.52. The number of hydrogen-bond acceptors (Lipinski definition) is 3. The zero-order valence-corrected chi connectivity index (χ0v) is 12.2. The fourth-order valence-corrected chi connectivity index (χ4v) is 1.94. The number of nitrogens with one attached hydrogen (secondary N) is 3. The van der Waals surface area contributed by atoms with E-state index in [1.807, 2.05) is 40.0 Å². The van der Waals surface area contributed by atoms with Gasteiger partial charge in [0.25, 0.3) is 0 Å². The number of aryl methyl sites for hydroxylation is 3. The summed E-state index contributed by atoms with van der Waals surface area (Å²) in [5, 5.41) is 16.8. The summed E-state index contributed by atoms with van der Waals surface area (Å²) >= 11 is 0. The Kier molecular flexibility index (Phi) is 4.07. The zero-order valence-electron chi connectivity index (χ0n) is 12.2. The maximum absolute atomic E-state index is 11.8. The molecule has 3 N–H and O–H groups in total. The highest BCUT2D eigenvalue weighted by Gasteiger charge is 2.11. The molecule has 0 spiro atoms. The molecule has 0 saturated carbocycles. The van der Waals surface area contributed by atoms with Crippen molar-refractivity contribution in [2.24, 2.45) is 7.05 Å². The van der Waals surface area contributed by atoms with Crippen LogP contribution >= 0.6 is 0 Å². The van der Waals surface area contributed by atoms with Crippen molar-refractivity contribution in [3.05, 3.63) is 29.2 Å². The smallest absolute Gasteiger partial charge is 0.320 e. The molecule has 20 heavy (non-hydrogen) atoms. The first-order valence-electron chi connectivity index (χ1n) is 6.53. The van der Waals surface area contributed by atoms with Crippen molar-refractivity contribution >= 4 is 11.8 Å². The van der Waals surface area contributed by atoms with Crippen molar-refractivity contribution in [3.63, 3.8) is 0 Å². The molecule has 0 aliphatic rings. The van der Waals surface area contributed by atoms with Crippen LogP contribution in [0.5, 0.6) is 0 Å². The number of carbonyl (C=O) groups excluding carboxylic acids is 1. The van der Waals surface area contributed by atoms with Crippen LogP contribution in [0.3, 0.4) is 0 Å². The molecule has 1 unspecified atom stereocenters. The molecule has 108 valence electrons. The molecular formula is C13H20N6O. The Labute approximate surface area is 117 Å². The number of hydrogen-bond donors (Lipinski definition) is 3. The largest absolute Gasteiger partial charge is 0.335 e. The summed E-state index contributed by atoms with van der Waals surface area (Å²) in [4.78, 5) is 11.8. The van der Waals surface area contributed by atoms with Crippen LogP contribution in [-0.4, -0.2) is 32.1 Å². The molecule has 2 aromatic heterocycles. The van der Waals surface area contributed by atoms with E-state index >= 15 is 0 Å². The SMILES string of the molecule is Cc1cc(CC(C)NC(=O)Nc2cc(C)n(C)n2)n[nH]1. The average Bonchev–Trinajstić information content (AvgIpc) is 2.86. The molecule has 0 bridgehead atoms. The molecule has 2 aromatic rings. The zero-order chi connectivity index (χ0) is 14.7. The van der Waals surface area contributed by atoms with E-state index in [-0.39, 0.29) is 12.1 Å². The van der Waals surface area contributed by atoms with Gasteiger partial charge < -0.3 is 5.32 Å². The maximum Gasteiger partial charge on any atom is 0.320 e. The quantitative estimate of drug-likeness (QED) is 0.791. The number of urea groups is 1. The van der Waals surface area contributed by atoms with Crippen molar-refractivity contribution in [3.8, 4) is 0 Å². The van der Waals surface area contributed by atoms with Gasteiger partial charge in [0.05, 0.1) is 5.69 Å². The Balaban J connectivity index is 1.84. The number of nitrogens with zero attached hydrogens (tertiary/aromatic N) is 3. The number of amides is 2. The Morgan fingerprint density at radius 1 is 1.45 bits per heavy atom. The van der Waals surface area contributed by atoms with Crippen molar-refractivity contribution in [2.75, 3.05) is 5.32 Å². The van der Waals surface area contributed by atoms with Crippen LogP contribution in [0.25, 0.3) is 0 Å². The topological polar surface area (TPSA) is 87.6 Å². The number of aromatic nitrogens is 4. The van der Waals surface area contributed by atoms with Crippen LogP contribution in [0.2, 0.25) is 0 Å². The lowest BCUT2D eigenvalue weighted by molar-refractivity contribution is 0.249. The first kappa shape index (κ1) is 14.1. The van der Waals surface area contributed by atoms with Crippen molar-refractivity contribution < 1.29 is 4.79 Å². The summed E-state index contributed by atoms with van der Waals surface area (Å²) in [7, 11) is 1.83. The predicted octanol–water partition coefficient (Wildman–Crippen LogP) is 1.51. The van der Waals surface area contributed by atoms with E-state index in [0.29, 0.717) is 12.2 Å². The van der Waals surface area contributed by atoms with Crippen LogP contribution in [0.15, 0.2) is 12.1 Å². The molecule has 7 heteroatoms. The molecule has 0 aliphatic heterocycles. The van der Waals surface area contributed by atoms with Crippen LogP contribution in [-0.2, 0) is 13.5 Å². The minimum absolute atomic E-state index is 0.0116. The Morgan fingerprint density at radius 2 is 2.20 bits per heavy atom. The molecule has 2 heterocycles. The van der Waals surface area contributed by atoms with Gasteiger partial charge in [-0.05, 0) is 26.8 Å². The summed E-state index contributed by atoms with van der Waals surface area (Å²) in [6.45, 7) is 5.82. The van der Waals surface area contributed by atoms with Gasteiger partial charge in [-0.25, -0.2) is 4.79 Å². The lowest BCUT2D eigenvalue weighted by atomic mass is 10.2. The minimum Gasteiger partial charge on any atom is -0.335 e. The fraction of sp³-hybridized carbons (Fsp3) is 0.462. The van der Waals surface area contributed by atoms with E-state index in [9.17, 15) is 4.79 Å². The van der Waals surface area contributed by atoms with Gasteiger partial charge in [-0.15, -0.1) is 0 Å². The molecule has 0 aliphatic carbocycles. The maximum atomic E-state index is 11.8. The second-order valence-electron chi connectivity index (χ2n) is 5.04. The highest BCUT2D eigenvalue weighted by molar-refractivity contribution is 5.88. The van der Waals surface area contributed by atoms with Gasteiger partial charge in [0.2, 0.25) is 0 Å². The first-order valence-corrected chi connectivity index (χ1v) is 6.53. The molecule has 0 radical (unpaired) electrons. The third-order valence-electron chi connectivity index (χ3n) is 3.01. The Bertz CT molecular complexity index is 580. The van der Waals surface area contributed by atoms with Gasteiger partial charge >= 0.3 is 6.03 Å². The monoisotopic (exact) mass is 276 g/mol. The van der Waals surface area contributed by atoms with Crippen LogP contribution in [0, 0.1) is 13.8 Å². The van der Waals surface area contributed by atoms with E-state index in [0.717, 1.165) is 17.1 Å². The van der Waals surface area contributed by atoms with Crippen LogP contribution < -0.4 is 10.6 Å². The van der Waals surface area contributed by atoms with E-state index in [1.54, 1.807) is 4.68 Å². The number of H-pyrrole nitrogens is 1. The van der Waals surface area contributed by atoms with Gasteiger partial charge in [-0.1, -0.05) is 0 Å². The normalized spacial score (nSPS) is 12.2. The van der Waals surface area contributed by atoms with E-state index in [4.69, 9.17) is 0 Å². The summed E-state index contributed by atoms with van der Waals surface area (Å²) in [5.41, 5.74) is 2.94. The highest BCUT2D eigenvalue weighted by Crippen LogP contribution is 2.07. The molecule has 7 nitrogen and oxygen atoms in total. The standard InChI is InChI=1S/C13H20N6O/c1-8(5-11-6-9(2)16-17-11)14-13(20)15-12-7-10(3)19(4)18-12/h6-8H,5H2,1-4H3,(H,16,17)(H2,14,15,18,20). The second kappa shape index (κ2) is 5.77. The van der Waals surface area contributed by atoms with Gasteiger partial charge in [-0.2, -0.15) is 10.2 Å². The van der Waals surface area contributed by atoms with E-state index in [2.05, 4.69) is 25.9 Å². The lowest BCUT2D eigenvalue weighted by Gasteiger charge is -2.12.